The monoisotopic (exact) mass is 209 g/mol. The lowest BCUT2D eigenvalue weighted by Gasteiger charge is -2.04. The fraction of sp³-hybridized carbons (Fsp3) is 0.500. The van der Waals surface area contributed by atoms with E-state index >= 15 is 0 Å². The molecule has 1 nitrogen and oxygen atoms in total. The second-order valence-electron chi connectivity index (χ2n) is 3.56. The first-order valence-corrected chi connectivity index (χ1v) is 5.83. The first kappa shape index (κ1) is 11.6. The van der Waals surface area contributed by atoms with E-state index in [0.717, 1.165) is 31.7 Å². The van der Waals surface area contributed by atoms with Gasteiger partial charge >= 0.3 is 0 Å². The van der Waals surface area contributed by atoms with Crippen molar-refractivity contribution in [1.29, 1.82) is 0 Å². The average Bonchev–Trinajstić information content (AvgIpc) is 2.21. The van der Waals surface area contributed by atoms with Crippen LogP contribution >= 0.6 is 12.6 Å². The molecule has 1 aromatic rings. The molecule has 0 fully saturated rings. The summed E-state index contributed by atoms with van der Waals surface area (Å²) in [6.07, 6.45) is 2.27. The van der Waals surface area contributed by atoms with Gasteiger partial charge in [-0.1, -0.05) is 29.8 Å². The van der Waals surface area contributed by atoms with E-state index in [0.29, 0.717) is 0 Å². The molecule has 1 aromatic carbocycles. The summed E-state index contributed by atoms with van der Waals surface area (Å²) >= 11 is 4.16. The van der Waals surface area contributed by atoms with E-state index in [4.69, 9.17) is 0 Å². The van der Waals surface area contributed by atoms with Crippen LogP contribution in [0, 0.1) is 6.92 Å². The Morgan fingerprint density at radius 1 is 1.14 bits per heavy atom. The van der Waals surface area contributed by atoms with E-state index in [1.54, 1.807) is 0 Å². The summed E-state index contributed by atoms with van der Waals surface area (Å²) in [6.45, 7) is 4.26. The SMILES string of the molecule is Cc1ccc(CCNCCCS)cc1. The van der Waals surface area contributed by atoms with Crippen molar-refractivity contribution >= 4 is 12.6 Å². The van der Waals surface area contributed by atoms with Crippen molar-refractivity contribution in [2.75, 3.05) is 18.8 Å². The fourth-order valence-electron chi connectivity index (χ4n) is 1.32. The minimum atomic E-state index is 0.970. The molecule has 1 N–H and O–H groups in total. The highest BCUT2D eigenvalue weighted by Crippen LogP contribution is 2.02. The largest absolute Gasteiger partial charge is 0.316 e. The van der Waals surface area contributed by atoms with E-state index in [1.807, 2.05) is 0 Å². The molecule has 0 unspecified atom stereocenters. The summed E-state index contributed by atoms with van der Waals surface area (Å²) in [5.41, 5.74) is 2.74. The van der Waals surface area contributed by atoms with Crippen molar-refractivity contribution in [2.45, 2.75) is 19.8 Å². The molecule has 0 aromatic heterocycles. The summed E-state index contributed by atoms with van der Waals surface area (Å²) in [4.78, 5) is 0. The molecule has 0 aliphatic rings. The van der Waals surface area contributed by atoms with Gasteiger partial charge in [0.2, 0.25) is 0 Å². The molecule has 78 valence electrons. The first-order valence-electron chi connectivity index (χ1n) is 5.20. The van der Waals surface area contributed by atoms with Gasteiger partial charge in [0.05, 0.1) is 0 Å². The molecule has 0 saturated carbocycles. The van der Waals surface area contributed by atoms with Crippen LogP contribution in [0.3, 0.4) is 0 Å². The van der Waals surface area contributed by atoms with Crippen LogP contribution in [0.5, 0.6) is 0 Å². The highest BCUT2D eigenvalue weighted by Gasteiger charge is 1.92. The highest BCUT2D eigenvalue weighted by atomic mass is 32.1. The molecule has 0 saturated heterocycles. The third-order valence-corrected chi connectivity index (χ3v) is 2.54. The Morgan fingerprint density at radius 2 is 1.86 bits per heavy atom. The molecule has 0 amide bonds. The predicted octanol–water partition coefficient (Wildman–Crippen LogP) is 2.45. The van der Waals surface area contributed by atoms with Crippen LogP contribution in [0.2, 0.25) is 0 Å². The van der Waals surface area contributed by atoms with Crippen molar-refractivity contribution in [3.05, 3.63) is 35.4 Å². The van der Waals surface area contributed by atoms with E-state index in [-0.39, 0.29) is 0 Å². The van der Waals surface area contributed by atoms with Gasteiger partial charge in [0.15, 0.2) is 0 Å². The molecular formula is C12H19NS. The second kappa shape index (κ2) is 6.91. The van der Waals surface area contributed by atoms with Crippen LogP contribution < -0.4 is 5.32 Å². The Kier molecular flexibility index (Phi) is 5.72. The smallest absolute Gasteiger partial charge is 0.000835 e. The zero-order valence-electron chi connectivity index (χ0n) is 8.79. The van der Waals surface area contributed by atoms with Crippen molar-refractivity contribution < 1.29 is 0 Å². The Hall–Kier alpha value is -0.470. The summed E-state index contributed by atoms with van der Waals surface area (Å²) in [6, 6.07) is 8.75. The molecule has 0 atom stereocenters. The molecule has 1 rings (SSSR count). The number of aryl methyl sites for hydroxylation is 1. The van der Waals surface area contributed by atoms with Gasteiger partial charge in [-0.25, -0.2) is 0 Å². The molecule has 0 heterocycles. The molecule has 0 aliphatic carbocycles. The highest BCUT2D eigenvalue weighted by molar-refractivity contribution is 7.80. The van der Waals surface area contributed by atoms with Crippen LogP contribution in [0.25, 0.3) is 0 Å². The van der Waals surface area contributed by atoms with Crippen molar-refractivity contribution in [1.82, 2.24) is 5.32 Å². The van der Waals surface area contributed by atoms with Gasteiger partial charge in [0.25, 0.3) is 0 Å². The summed E-state index contributed by atoms with van der Waals surface area (Å²) in [5, 5.41) is 3.40. The summed E-state index contributed by atoms with van der Waals surface area (Å²) in [7, 11) is 0. The number of benzene rings is 1. The lowest BCUT2D eigenvalue weighted by molar-refractivity contribution is 0.675. The maximum Gasteiger partial charge on any atom is -0.000835 e. The van der Waals surface area contributed by atoms with Crippen molar-refractivity contribution in [2.24, 2.45) is 0 Å². The Bertz CT molecular complexity index is 243. The molecule has 0 aliphatic heterocycles. The minimum Gasteiger partial charge on any atom is -0.316 e. The summed E-state index contributed by atoms with van der Waals surface area (Å²) < 4.78 is 0. The molecule has 2 heteroatoms. The summed E-state index contributed by atoms with van der Waals surface area (Å²) in [5.74, 6) is 0.970. The maximum atomic E-state index is 4.16. The topological polar surface area (TPSA) is 12.0 Å². The van der Waals surface area contributed by atoms with Gasteiger partial charge in [-0.05, 0) is 44.2 Å². The van der Waals surface area contributed by atoms with E-state index < -0.39 is 0 Å². The zero-order chi connectivity index (χ0) is 10.2. The van der Waals surface area contributed by atoms with Gasteiger partial charge in [-0.3, -0.25) is 0 Å². The van der Waals surface area contributed by atoms with Crippen LogP contribution in [0.1, 0.15) is 17.5 Å². The second-order valence-corrected chi connectivity index (χ2v) is 4.01. The van der Waals surface area contributed by atoms with Gasteiger partial charge < -0.3 is 5.32 Å². The lowest BCUT2D eigenvalue weighted by Crippen LogP contribution is -2.18. The van der Waals surface area contributed by atoms with Gasteiger partial charge in [0, 0.05) is 0 Å². The van der Waals surface area contributed by atoms with Crippen LogP contribution in [0.15, 0.2) is 24.3 Å². The number of hydrogen-bond donors (Lipinski definition) is 2. The number of hydrogen-bond acceptors (Lipinski definition) is 2. The van der Waals surface area contributed by atoms with Crippen molar-refractivity contribution in [3.63, 3.8) is 0 Å². The first-order chi connectivity index (χ1) is 6.83. The fourth-order valence-corrected chi connectivity index (χ4v) is 1.47. The van der Waals surface area contributed by atoms with Gasteiger partial charge in [-0.2, -0.15) is 12.6 Å². The lowest BCUT2D eigenvalue weighted by atomic mass is 10.1. The third-order valence-electron chi connectivity index (χ3n) is 2.22. The Morgan fingerprint density at radius 3 is 2.50 bits per heavy atom. The average molecular weight is 209 g/mol. The molecule has 14 heavy (non-hydrogen) atoms. The van der Waals surface area contributed by atoms with Gasteiger partial charge in [0.1, 0.15) is 0 Å². The van der Waals surface area contributed by atoms with Crippen LogP contribution in [-0.2, 0) is 6.42 Å². The Labute approximate surface area is 92.3 Å². The maximum absolute atomic E-state index is 4.16. The number of nitrogens with one attached hydrogen (secondary N) is 1. The van der Waals surface area contributed by atoms with E-state index in [2.05, 4.69) is 49.1 Å². The van der Waals surface area contributed by atoms with Crippen LogP contribution in [-0.4, -0.2) is 18.8 Å². The number of rotatable bonds is 6. The van der Waals surface area contributed by atoms with Gasteiger partial charge in [-0.15, -0.1) is 0 Å². The van der Waals surface area contributed by atoms with Crippen molar-refractivity contribution in [3.8, 4) is 0 Å². The molecule has 0 bridgehead atoms. The predicted molar refractivity (Wildman–Crippen MR) is 66.2 cm³/mol. The molecule has 0 radical (unpaired) electrons. The number of thiol groups is 1. The molecular weight excluding hydrogens is 190 g/mol. The van der Waals surface area contributed by atoms with E-state index in [9.17, 15) is 0 Å². The van der Waals surface area contributed by atoms with E-state index in [1.165, 1.54) is 11.1 Å². The van der Waals surface area contributed by atoms with Crippen LogP contribution in [0.4, 0.5) is 0 Å². The normalized spacial score (nSPS) is 10.4. The minimum absolute atomic E-state index is 0.970. The standard InChI is InChI=1S/C12H19NS/c1-11-3-5-12(6-4-11)7-9-13-8-2-10-14/h3-6,13-14H,2,7-10H2,1H3. The Balaban J connectivity index is 2.15. The third kappa shape index (κ3) is 4.68. The quantitative estimate of drug-likeness (QED) is 0.542. The molecule has 0 spiro atoms. The zero-order valence-corrected chi connectivity index (χ0v) is 9.69.